The first-order chi connectivity index (χ1) is 9.31. The standard InChI is InChI=1S/C14H21N3OS/c18-11-14(4-2-1-3-5-14)10-15-8-12-9-17-6-7-19-13(17)16-12/h6-7,9,15,18H,1-5,8,10-11H2. The highest BCUT2D eigenvalue weighted by molar-refractivity contribution is 7.15. The number of rotatable bonds is 5. The van der Waals surface area contributed by atoms with Crippen molar-refractivity contribution in [2.75, 3.05) is 13.2 Å². The normalized spacial score (nSPS) is 19.0. The van der Waals surface area contributed by atoms with Crippen LogP contribution >= 0.6 is 11.3 Å². The van der Waals surface area contributed by atoms with Crippen molar-refractivity contribution in [1.29, 1.82) is 0 Å². The molecule has 1 fully saturated rings. The minimum Gasteiger partial charge on any atom is -0.396 e. The zero-order chi connectivity index (χ0) is 13.1. The van der Waals surface area contributed by atoms with E-state index in [0.717, 1.165) is 36.6 Å². The Kier molecular flexibility index (Phi) is 3.86. The monoisotopic (exact) mass is 279 g/mol. The number of hydrogen-bond donors (Lipinski definition) is 2. The third kappa shape index (κ3) is 2.83. The van der Waals surface area contributed by atoms with Crippen LogP contribution in [-0.2, 0) is 6.54 Å². The van der Waals surface area contributed by atoms with E-state index in [0.29, 0.717) is 6.61 Å². The Bertz CT molecular complexity index is 499. The number of nitrogens with zero attached hydrogens (tertiary/aromatic N) is 2. The van der Waals surface area contributed by atoms with Crippen LogP contribution < -0.4 is 5.32 Å². The maximum Gasteiger partial charge on any atom is 0.193 e. The summed E-state index contributed by atoms with van der Waals surface area (Å²) in [6.45, 7) is 1.99. The molecule has 5 heteroatoms. The lowest BCUT2D eigenvalue weighted by atomic mass is 9.74. The summed E-state index contributed by atoms with van der Waals surface area (Å²) in [5.41, 5.74) is 1.19. The zero-order valence-corrected chi connectivity index (χ0v) is 12.0. The summed E-state index contributed by atoms with van der Waals surface area (Å²) in [5.74, 6) is 0. The summed E-state index contributed by atoms with van der Waals surface area (Å²) < 4.78 is 2.06. The SMILES string of the molecule is OCC1(CNCc2cn3ccsc3n2)CCCCC1. The molecule has 104 valence electrons. The molecule has 3 rings (SSSR count). The Hall–Kier alpha value is -0.910. The number of aliphatic hydroxyl groups is 1. The van der Waals surface area contributed by atoms with Gasteiger partial charge in [-0.1, -0.05) is 19.3 Å². The van der Waals surface area contributed by atoms with Crippen LogP contribution in [0.3, 0.4) is 0 Å². The van der Waals surface area contributed by atoms with Crippen LogP contribution in [0.4, 0.5) is 0 Å². The number of nitrogens with one attached hydrogen (secondary N) is 1. The van der Waals surface area contributed by atoms with E-state index in [2.05, 4.69) is 20.9 Å². The van der Waals surface area contributed by atoms with Gasteiger partial charge in [0.05, 0.1) is 5.69 Å². The van der Waals surface area contributed by atoms with Crippen molar-refractivity contribution in [3.05, 3.63) is 23.5 Å². The molecule has 4 nitrogen and oxygen atoms in total. The van der Waals surface area contributed by atoms with Gasteiger partial charge in [-0.15, -0.1) is 11.3 Å². The second-order valence-electron chi connectivity index (χ2n) is 5.65. The fourth-order valence-corrected chi connectivity index (χ4v) is 3.73. The highest BCUT2D eigenvalue weighted by Gasteiger charge is 2.30. The zero-order valence-electron chi connectivity index (χ0n) is 11.1. The van der Waals surface area contributed by atoms with Crippen molar-refractivity contribution < 1.29 is 5.11 Å². The Morgan fingerprint density at radius 3 is 2.95 bits per heavy atom. The van der Waals surface area contributed by atoms with Gasteiger partial charge >= 0.3 is 0 Å². The number of thiazole rings is 1. The minimum atomic E-state index is 0.107. The van der Waals surface area contributed by atoms with Crippen LogP contribution in [0.15, 0.2) is 17.8 Å². The average Bonchev–Trinajstić information content (AvgIpc) is 3.01. The third-order valence-electron chi connectivity index (χ3n) is 4.20. The summed E-state index contributed by atoms with van der Waals surface area (Å²) in [6, 6.07) is 0. The molecule has 0 unspecified atom stereocenters. The summed E-state index contributed by atoms with van der Waals surface area (Å²) in [4.78, 5) is 5.61. The van der Waals surface area contributed by atoms with Gasteiger partial charge in [-0.3, -0.25) is 4.40 Å². The molecule has 0 amide bonds. The van der Waals surface area contributed by atoms with Crippen molar-refractivity contribution >= 4 is 16.3 Å². The highest BCUT2D eigenvalue weighted by Crippen LogP contribution is 2.35. The van der Waals surface area contributed by atoms with Crippen LogP contribution in [0.5, 0.6) is 0 Å². The Balaban J connectivity index is 1.55. The summed E-state index contributed by atoms with van der Waals surface area (Å²) in [7, 11) is 0. The maximum absolute atomic E-state index is 9.66. The predicted molar refractivity (Wildman–Crippen MR) is 77.4 cm³/mol. The van der Waals surface area contributed by atoms with Gasteiger partial charge in [-0.25, -0.2) is 4.98 Å². The van der Waals surface area contributed by atoms with Gasteiger partial charge in [0.2, 0.25) is 0 Å². The van der Waals surface area contributed by atoms with E-state index in [1.807, 2.05) is 11.6 Å². The number of imidazole rings is 1. The molecule has 0 atom stereocenters. The third-order valence-corrected chi connectivity index (χ3v) is 4.97. The topological polar surface area (TPSA) is 49.6 Å². The molecule has 2 aromatic rings. The molecule has 0 aliphatic heterocycles. The average molecular weight is 279 g/mol. The Morgan fingerprint density at radius 2 is 2.21 bits per heavy atom. The lowest BCUT2D eigenvalue weighted by Crippen LogP contribution is -2.38. The van der Waals surface area contributed by atoms with E-state index in [1.165, 1.54) is 19.3 Å². The molecular formula is C14H21N3OS. The summed E-state index contributed by atoms with van der Waals surface area (Å²) in [5, 5.41) is 15.2. The lowest BCUT2D eigenvalue weighted by Gasteiger charge is -2.35. The molecule has 19 heavy (non-hydrogen) atoms. The molecule has 0 spiro atoms. The lowest BCUT2D eigenvalue weighted by molar-refractivity contribution is 0.0810. The van der Waals surface area contributed by atoms with Crippen molar-refractivity contribution in [1.82, 2.24) is 14.7 Å². The van der Waals surface area contributed by atoms with Crippen LogP contribution in [0.25, 0.3) is 4.96 Å². The molecule has 0 saturated heterocycles. The van der Waals surface area contributed by atoms with Crippen LogP contribution in [0, 0.1) is 5.41 Å². The second-order valence-corrected chi connectivity index (χ2v) is 6.52. The van der Waals surface area contributed by atoms with E-state index in [1.54, 1.807) is 11.3 Å². The number of fused-ring (bicyclic) bond motifs is 1. The minimum absolute atomic E-state index is 0.107. The van der Waals surface area contributed by atoms with Crippen molar-refractivity contribution in [2.24, 2.45) is 5.41 Å². The summed E-state index contributed by atoms with van der Waals surface area (Å²) in [6.07, 6.45) is 10.2. The first-order valence-corrected chi connectivity index (χ1v) is 7.92. The Labute approximate surface area is 117 Å². The molecule has 1 aliphatic carbocycles. The van der Waals surface area contributed by atoms with Crippen molar-refractivity contribution in [2.45, 2.75) is 38.6 Å². The molecule has 0 bridgehead atoms. The van der Waals surface area contributed by atoms with Crippen molar-refractivity contribution in [3.63, 3.8) is 0 Å². The maximum atomic E-state index is 9.66. The number of aromatic nitrogens is 2. The quantitative estimate of drug-likeness (QED) is 0.884. The smallest absolute Gasteiger partial charge is 0.193 e. The fourth-order valence-electron chi connectivity index (χ4n) is 3.01. The van der Waals surface area contributed by atoms with Crippen LogP contribution in [0.1, 0.15) is 37.8 Å². The van der Waals surface area contributed by atoms with Gasteiger partial charge < -0.3 is 10.4 Å². The molecule has 0 radical (unpaired) electrons. The number of hydrogen-bond acceptors (Lipinski definition) is 4. The van der Waals surface area contributed by atoms with Crippen molar-refractivity contribution in [3.8, 4) is 0 Å². The van der Waals surface area contributed by atoms with Gasteiger partial charge in [-0.05, 0) is 12.8 Å². The second kappa shape index (κ2) is 5.61. The molecule has 1 aliphatic rings. The van der Waals surface area contributed by atoms with E-state index < -0.39 is 0 Å². The Morgan fingerprint density at radius 1 is 1.37 bits per heavy atom. The van der Waals surface area contributed by atoms with E-state index in [9.17, 15) is 5.11 Å². The first-order valence-electron chi connectivity index (χ1n) is 7.04. The molecule has 0 aromatic carbocycles. The van der Waals surface area contributed by atoms with E-state index >= 15 is 0 Å². The van der Waals surface area contributed by atoms with Gasteiger partial charge in [-0.2, -0.15) is 0 Å². The predicted octanol–water partition coefficient (Wildman–Crippen LogP) is 2.43. The fraction of sp³-hybridized carbons (Fsp3) is 0.643. The van der Waals surface area contributed by atoms with E-state index in [4.69, 9.17) is 0 Å². The molecule has 2 aromatic heterocycles. The highest BCUT2D eigenvalue weighted by atomic mass is 32.1. The molecule has 2 N–H and O–H groups in total. The van der Waals surface area contributed by atoms with E-state index in [-0.39, 0.29) is 5.41 Å². The molecular weight excluding hydrogens is 258 g/mol. The van der Waals surface area contributed by atoms with Gasteiger partial charge in [0.1, 0.15) is 0 Å². The molecule has 2 heterocycles. The van der Waals surface area contributed by atoms with Crippen LogP contribution in [0.2, 0.25) is 0 Å². The summed E-state index contributed by atoms with van der Waals surface area (Å²) >= 11 is 1.66. The first kappa shape index (κ1) is 13.1. The van der Waals surface area contributed by atoms with Crippen LogP contribution in [-0.4, -0.2) is 27.6 Å². The van der Waals surface area contributed by atoms with Gasteiger partial charge in [0.25, 0.3) is 0 Å². The molecule has 1 saturated carbocycles. The largest absolute Gasteiger partial charge is 0.396 e. The van der Waals surface area contributed by atoms with Gasteiger partial charge in [0.15, 0.2) is 4.96 Å². The van der Waals surface area contributed by atoms with Gasteiger partial charge in [0, 0.05) is 42.9 Å². The number of aliphatic hydroxyl groups excluding tert-OH is 1.